The summed E-state index contributed by atoms with van der Waals surface area (Å²) in [6.45, 7) is 9.23. The number of carbonyl (C=O) groups excluding carboxylic acids is 1. The van der Waals surface area contributed by atoms with Crippen LogP contribution >= 0.6 is 11.6 Å². The van der Waals surface area contributed by atoms with Gasteiger partial charge in [0, 0.05) is 25.3 Å². The molecule has 118 valence electrons. The summed E-state index contributed by atoms with van der Waals surface area (Å²) in [5.74, 6) is 0.475. The second kappa shape index (κ2) is 7.06. The first-order chi connectivity index (χ1) is 10.5. The highest BCUT2D eigenvalue weighted by molar-refractivity contribution is 6.29. The van der Waals surface area contributed by atoms with E-state index in [0.717, 1.165) is 32.1 Å². The lowest BCUT2D eigenvalue weighted by Crippen LogP contribution is -2.29. The van der Waals surface area contributed by atoms with Crippen molar-refractivity contribution >= 4 is 17.4 Å². The maximum Gasteiger partial charge on any atom is 0.255 e. The molecule has 0 unspecified atom stereocenters. The van der Waals surface area contributed by atoms with Crippen molar-refractivity contribution in [3.63, 3.8) is 0 Å². The fraction of sp³-hybridized carbons (Fsp3) is 0.625. The number of hydrogen-bond donors (Lipinski definition) is 0. The molecule has 2 rings (SSSR count). The van der Waals surface area contributed by atoms with Crippen molar-refractivity contribution in [1.29, 1.82) is 0 Å². The largest absolute Gasteiger partial charge is 0.310 e. The van der Waals surface area contributed by atoms with E-state index in [2.05, 4.69) is 16.8 Å². The van der Waals surface area contributed by atoms with Crippen molar-refractivity contribution in [1.82, 2.24) is 9.55 Å². The molecule has 1 aromatic heterocycles. The Kier molecular flexibility index (Phi) is 5.36. The van der Waals surface area contributed by atoms with E-state index in [-0.39, 0.29) is 29.5 Å². The number of rotatable bonds is 8. The first-order valence-corrected chi connectivity index (χ1v) is 8.04. The average Bonchev–Trinajstić information content (AvgIpc) is 3.23. The summed E-state index contributed by atoms with van der Waals surface area (Å²) < 4.78 is 1.41. The Morgan fingerprint density at radius 3 is 2.82 bits per heavy atom. The first-order valence-electron chi connectivity index (χ1n) is 7.66. The van der Waals surface area contributed by atoms with Crippen LogP contribution in [0.5, 0.6) is 0 Å². The van der Waals surface area contributed by atoms with Crippen molar-refractivity contribution in [2.75, 3.05) is 0 Å². The molecule has 0 aliphatic heterocycles. The van der Waals surface area contributed by atoms with E-state index in [1.54, 1.807) is 0 Å². The molecule has 0 bridgehead atoms. The summed E-state index contributed by atoms with van der Waals surface area (Å²) in [6.07, 6.45) is 5.42. The molecule has 0 amide bonds. The third kappa shape index (κ3) is 4.17. The number of hydrogen-bond acceptors (Lipinski definition) is 3. The molecule has 1 aliphatic carbocycles. The Hall–Kier alpha value is -1.67. The molecule has 1 aliphatic rings. The second-order valence-electron chi connectivity index (χ2n) is 5.93. The number of unbranched alkanes of at least 4 members (excludes halogenated alkanes) is 2. The number of ketones is 1. The lowest BCUT2D eigenvalue weighted by Gasteiger charge is -2.11. The first kappa shape index (κ1) is 16.7. The average molecular weight is 322 g/mol. The van der Waals surface area contributed by atoms with Crippen LogP contribution in [-0.4, -0.2) is 20.9 Å². The Morgan fingerprint density at radius 1 is 1.50 bits per heavy atom. The van der Waals surface area contributed by atoms with E-state index >= 15 is 0 Å². The molecule has 0 saturated heterocycles. The van der Waals surface area contributed by atoms with Gasteiger partial charge in [0.15, 0.2) is 5.78 Å². The highest BCUT2D eigenvalue weighted by Crippen LogP contribution is 2.43. The molecule has 0 aromatic carbocycles. The van der Waals surface area contributed by atoms with Gasteiger partial charge >= 0.3 is 0 Å². The molecule has 5 nitrogen and oxygen atoms in total. The van der Waals surface area contributed by atoms with Crippen LogP contribution in [0.15, 0.2) is 10.9 Å². The molecule has 1 fully saturated rings. The molecule has 1 heterocycles. The second-order valence-corrected chi connectivity index (χ2v) is 6.32. The third-order valence-corrected chi connectivity index (χ3v) is 4.18. The zero-order valence-electron chi connectivity index (χ0n) is 12.8. The van der Waals surface area contributed by atoms with Crippen LogP contribution in [-0.2, 0) is 17.8 Å². The summed E-state index contributed by atoms with van der Waals surface area (Å²) in [5.41, 5.74) is -0.796. The van der Waals surface area contributed by atoms with Crippen molar-refractivity contribution in [3.8, 4) is 0 Å². The minimum Gasteiger partial charge on any atom is -0.310 e. The number of nitrogens with zero attached hydrogens (tertiary/aromatic N) is 3. The third-order valence-electron chi connectivity index (χ3n) is 3.99. The molecule has 0 atom stereocenters. The number of aromatic nitrogens is 2. The van der Waals surface area contributed by atoms with Gasteiger partial charge in [-0.2, -0.15) is 0 Å². The van der Waals surface area contributed by atoms with Gasteiger partial charge in [-0.3, -0.25) is 14.2 Å². The fourth-order valence-electron chi connectivity index (χ4n) is 2.49. The van der Waals surface area contributed by atoms with Crippen LogP contribution in [0.3, 0.4) is 0 Å². The smallest absolute Gasteiger partial charge is 0.255 e. The van der Waals surface area contributed by atoms with E-state index in [1.807, 2.05) is 0 Å². The molecule has 0 radical (unpaired) electrons. The van der Waals surface area contributed by atoms with Crippen LogP contribution in [0.1, 0.15) is 51.3 Å². The van der Waals surface area contributed by atoms with Crippen molar-refractivity contribution in [2.24, 2.45) is 0 Å². The summed E-state index contributed by atoms with van der Waals surface area (Å²) in [6, 6.07) is 1.24. The summed E-state index contributed by atoms with van der Waals surface area (Å²) in [4.78, 5) is 32.0. The van der Waals surface area contributed by atoms with Crippen LogP contribution in [0.4, 0.5) is 0 Å². The van der Waals surface area contributed by atoms with Gasteiger partial charge in [0.1, 0.15) is 11.0 Å². The molecule has 22 heavy (non-hydrogen) atoms. The summed E-state index contributed by atoms with van der Waals surface area (Å²) in [5, 5.41) is 0.167. The van der Waals surface area contributed by atoms with Crippen LogP contribution < -0.4 is 5.56 Å². The van der Waals surface area contributed by atoms with Crippen LogP contribution in [0.2, 0.25) is 5.15 Å². The Balaban J connectivity index is 2.13. The lowest BCUT2D eigenvalue weighted by atomic mass is 10.1. The zero-order chi connectivity index (χ0) is 16.2. The number of halogens is 1. The van der Waals surface area contributed by atoms with Crippen LogP contribution in [0.25, 0.3) is 4.85 Å². The lowest BCUT2D eigenvalue weighted by molar-refractivity contribution is -0.120. The van der Waals surface area contributed by atoms with Gasteiger partial charge in [-0.05, 0) is 6.42 Å². The Morgan fingerprint density at radius 2 is 2.23 bits per heavy atom. The van der Waals surface area contributed by atoms with Gasteiger partial charge < -0.3 is 4.85 Å². The molecular formula is C16H20ClN3O2. The zero-order valence-corrected chi connectivity index (χ0v) is 13.5. The summed E-state index contributed by atoms with van der Waals surface area (Å²) in [7, 11) is 0. The van der Waals surface area contributed by atoms with Gasteiger partial charge in [0.05, 0.1) is 13.0 Å². The standard InChI is InChI=1S/C16H20ClN3O2/c1-3-4-5-6-14-19-13(17)9-15(22)20(14)11-12(21)10-16(18-2)7-8-16/h9H,3-8,10-11H2,1H3. The molecule has 1 aromatic rings. The molecule has 1 saturated carbocycles. The van der Waals surface area contributed by atoms with E-state index < -0.39 is 5.54 Å². The van der Waals surface area contributed by atoms with Crippen molar-refractivity contribution < 1.29 is 4.79 Å². The molecule has 0 N–H and O–H groups in total. The van der Waals surface area contributed by atoms with E-state index in [4.69, 9.17) is 18.2 Å². The van der Waals surface area contributed by atoms with E-state index in [1.165, 1.54) is 10.6 Å². The predicted octanol–water partition coefficient (Wildman–Crippen LogP) is 3.04. The Bertz CT molecular complexity index is 656. The van der Waals surface area contributed by atoms with E-state index in [0.29, 0.717) is 12.2 Å². The highest BCUT2D eigenvalue weighted by atomic mass is 35.5. The monoisotopic (exact) mass is 321 g/mol. The normalized spacial score (nSPS) is 15.3. The SMILES string of the molecule is [C-]#[N+]C1(CC(=O)Cn2c(CCCCC)nc(Cl)cc2=O)CC1. The summed E-state index contributed by atoms with van der Waals surface area (Å²) >= 11 is 5.86. The van der Waals surface area contributed by atoms with Gasteiger partial charge in [0.25, 0.3) is 5.56 Å². The maximum atomic E-state index is 12.2. The number of carbonyl (C=O) groups is 1. The van der Waals surface area contributed by atoms with Crippen LogP contribution in [0, 0.1) is 6.57 Å². The van der Waals surface area contributed by atoms with Crippen molar-refractivity contribution in [3.05, 3.63) is 38.8 Å². The predicted molar refractivity (Wildman–Crippen MR) is 84.9 cm³/mol. The topological polar surface area (TPSA) is 56.3 Å². The fourth-order valence-corrected chi connectivity index (χ4v) is 2.68. The van der Waals surface area contributed by atoms with Gasteiger partial charge in [-0.15, -0.1) is 0 Å². The quantitative estimate of drug-likeness (QED) is 0.420. The van der Waals surface area contributed by atoms with Gasteiger partial charge in [0.2, 0.25) is 5.54 Å². The van der Waals surface area contributed by atoms with Gasteiger partial charge in [-0.1, -0.05) is 31.4 Å². The van der Waals surface area contributed by atoms with Gasteiger partial charge in [-0.25, -0.2) is 11.6 Å². The molecule has 6 heteroatoms. The number of aryl methyl sites for hydroxylation is 1. The van der Waals surface area contributed by atoms with Crippen molar-refractivity contribution in [2.45, 2.75) is 64.0 Å². The Labute approximate surface area is 135 Å². The number of Topliss-reactive ketones (excluding diaryl/α,β-unsaturated/α-hetero) is 1. The van der Waals surface area contributed by atoms with E-state index in [9.17, 15) is 9.59 Å². The minimum atomic E-state index is -0.497. The minimum absolute atomic E-state index is 0.0122. The molecule has 0 spiro atoms. The maximum absolute atomic E-state index is 12.2. The molecular weight excluding hydrogens is 302 g/mol. The highest BCUT2D eigenvalue weighted by Gasteiger charge is 2.52.